The van der Waals surface area contributed by atoms with Crippen LogP contribution in [0.5, 0.6) is 0 Å². The minimum Gasteiger partial charge on any atom is -0.392 e. The molecular formula is C16H24O. The molecule has 0 heterocycles. The molecule has 3 saturated carbocycles. The zero-order valence-corrected chi connectivity index (χ0v) is 11.2. The summed E-state index contributed by atoms with van der Waals surface area (Å²) in [7, 11) is 0. The second-order valence-corrected chi connectivity index (χ2v) is 7.88. The van der Waals surface area contributed by atoms with Gasteiger partial charge < -0.3 is 5.11 Å². The molecule has 0 amide bonds. The Hall–Kier alpha value is -0.300. The van der Waals surface area contributed by atoms with Crippen LogP contribution in [0.2, 0.25) is 0 Å². The number of aliphatic hydroxyl groups is 1. The average Bonchev–Trinajstić information content (AvgIpc) is 2.80. The van der Waals surface area contributed by atoms with Crippen molar-refractivity contribution in [3.63, 3.8) is 0 Å². The van der Waals surface area contributed by atoms with Crippen LogP contribution in [0, 0.1) is 34.0 Å². The first-order valence-electron chi connectivity index (χ1n) is 7.31. The van der Waals surface area contributed by atoms with Gasteiger partial charge in [-0.25, -0.2) is 0 Å². The first kappa shape index (κ1) is 10.6. The van der Waals surface area contributed by atoms with Gasteiger partial charge in [0.1, 0.15) is 0 Å². The molecule has 1 nitrogen and oxygen atoms in total. The molecule has 6 atom stereocenters. The SMILES string of the molecule is CC1(C)C2C3C=CC4CCCC42C(O)C1(C)C3. The van der Waals surface area contributed by atoms with Crippen LogP contribution in [0.25, 0.3) is 0 Å². The topological polar surface area (TPSA) is 20.2 Å². The Balaban J connectivity index is 1.98. The molecule has 0 aromatic rings. The highest BCUT2D eigenvalue weighted by molar-refractivity contribution is 5.31. The van der Waals surface area contributed by atoms with Crippen molar-refractivity contribution < 1.29 is 5.11 Å². The van der Waals surface area contributed by atoms with Gasteiger partial charge in [-0.3, -0.25) is 0 Å². The van der Waals surface area contributed by atoms with Gasteiger partial charge in [0.05, 0.1) is 6.10 Å². The van der Waals surface area contributed by atoms with Crippen molar-refractivity contribution >= 4 is 0 Å². The molecule has 3 fully saturated rings. The maximum atomic E-state index is 11.1. The Morgan fingerprint density at radius 3 is 2.65 bits per heavy atom. The molecule has 1 spiro atoms. The van der Waals surface area contributed by atoms with Crippen LogP contribution >= 0.6 is 0 Å². The van der Waals surface area contributed by atoms with E-state index in [-0.39, 0.29) is 16.9 Å². The molecule has 2 bridgehead atoms. The normalized spacial score (nSPS) is 61.9. The highest BCUT2D eigenvalue weighted by atomic mass is 16.3. The van der Waals surface area contributed by atoms with Gasteiger partial charge in [-0.05, 0) is 42.4 Å². The summed E-state index contributed by atoms with van der Waals surface area (Å²) in [5.74, 6) is 2.14. The van der Waals surface area contributed by atoms with Crippen molar-refractivity contribution in [3.05, 3.63) is 12.2 Å². The summed E-state index contributed by atoms with van der Waals surface area (Å²) in [6.45, 7) is 7.20. The van der Waals surface area contributed by atoms with Crippen molar-refractivity contribution in [2.75, 3.05) is 0 Å². The standard InChI is InChI=1S/C16H24O/c1-14(2)12-10-6-7-11-5-4-8-16(11,12)13(17)15(14,3)9-10/h6-7,10-13,17H,4-5,8-9H2,1-3H3. The second-order valence-electron chi connectivity index (χ2n) is 7.88. The zero-order valence-electron chi connectivity index (χ0n) is 11.2. The van der Waals surface area contributed by atoms with Crippen molar-refractivity contribution in [1.29, 1.82) is 0 Å². The van der Waals surface area contributed by atoms with Gasteiger partial charge >= 0.3 is 0 Å². The van der Waals surface area contributed by atoms with E-state index >= 15 is 0 Å². The maximum absolute atomic E-state index is 11.1. The fourth-order valence-corrected chi connectivity index (χ4v) is 6.60. The molecule has 94 valence electrons. The van der Waals surface area contributed by atoms with E-state index in [1.807, 2.05) is 0 Å². The van der Waals surface area contributed by atoms with Crippen LogP contribution in [0.4, 0.5) is 0 Å². The minimum absolute atomic E-state index is 0.0660. The second kappa shape index (κ2) is 2.66. The molecule has 1 heteroatoms. The first-order chi connectivity index (χ1) is 7.94. The zero-order chi connectivity index (χ0) is 12.1. The van der Waals surface area contributed by atoms with Crippen molar-refractivity contribution in [3.8, 4) is 0 Å². The molecular weight excluding hydrogens is 208 g/mol. The van der Waals surface area contributed by atoms with Gasteiger partial charge in [-0.2, -0.15) is 0 Å². The predicted octanol–water partition coefficient (Wildman–Crippen LogP) is 3.39. The first-order valence-corrected chi connectivity index (χ1v) is 7.31. The quantitative estimate of drug-likeness (QED) is 0.635. The smallest absolute Gasteiger partial charge is 0.0664 e. The van der Waals surface area contributed by atoms with Gasteiger partial charge in [0.15, 0.2) is 0 Å². The molecule has 4 rings (SSSR count). The van der Waals surface area contributed by atoms with Gasteiger partial charge in [0, 0.05) is 10.8 Å². The molecule has 4 aliphatic rings. The molecule has 1 N–H and O–H groups in total. The highest BCUT2D eigenvalue weighted by Gasteiger charge is 2.77. The molecule has 0 saturated heterocycles. The monoisotopic (exact) mass is 232 g/mol. The van der Waals surface area contributed by atoms with Gasteiger partial charge in [0.2, 0.25) is 0 Å². The Morgan fingerprint density at radius 2 is 1.94 bits per heavy atom. The Bertz CT molecular complexity index is 410. The third-order valence-corrected chi connectivity index (χ3v) is 7.43. The van der Waals surface area contributed by atoms with E-state index in [4.69, 9.17) is 0 Å². The summed E-state index contributed by atoms with van der Waals surface area (Å²) in [6.07, 6.45) is 9.99. The fourth-order valence-electron chi connectivity index (χ4n) is 6.60. The third-order valence-electron chi connectivity index (χ3n) is 7.43. The van der Waals surface area contributed by atoms with Crippen LogP contribution in [0.15, 0.2) is 12.2 Å². The van der Waals surface area contributed by atoms with E-state index in [2.05, 4.69) is 32.9 Å². The van der Waals surface area contributed by atoms with Crippen molar-refractivity contribution in [1.82, 2.24) is 0 Å². The Kier molecular flexibility index (Phi) is 1.66. The number of hydrogen-bond acceptors (Lipinski definition) is 1. The maximum Gasteiger partial charge on any atom is 0.0664 e. The van der Waals surface area contributed by atoms with Crippen LogP contribution in [-0.4, -0.2) is 11.2 Å². The van der Waals surface area contributed by atoms with E-state index in [1.165, 1.54) is 25.7 Å². The molecule has 0 aliphatic heterocycles. The third kappa shape index (κ3) is 0.827. The number of rotatable bonds is 0. The van der Waals surface area contributed by atoms with Crippen LogP contribution < -0.4 is 0 Å². The lowest BCUT2D eigenvalue weighted by atomic mass is 9.56. The summed E-state index contributed by atoms with van der Waals surface area (Å²) in [6, 6.07) is 0. The lowest BCUT2D eigenvalue weighted by Gasteiger charge is -2.50. The van der Waals surface area contributed by atoms with Crippen LogP contribution in [0.1, 0.15) is 46.5 Å². The molecule has 6 unspecified atom stereocenters. The Morgan fingerprint density at radius 1 is 1.18 bits per heavy atom. The molecule has 17 heavy (non-hydrogen) atoms. The number of fused-ring (bicyclic) bond motifs is 1. The van der Waals surface area contributed by atoms with E-state index in [0.717, 1.165) is 11.8 Å². The number of aliphatic hydroxyl groups excluding tert-OH is 1. The van der Waals surface area contributed by atoms with Crippen molar-refractivity contribution in [2.24, 2.45) is 34.0 Å². The Labute approximate surface area is 104 Å². The van der Waals surface area contributed by atoms with E-state index in [0.29, 0.717) is 11.3 Å². The molecule has 0 radical (unpaired) electrons. The van der Waals surface area contributed by atoms with Crippen LogP contribution in [-0.2, 0) is 0 Å². The van der Waals surface area contributed by atoms with Crippen molar-refractivity contribution in [2.45, 2.75) is 52.6 Å². The number of allylic oxidation sites excluding steroid dienone is 2. The molecule has 0 aromatic heterocycles. The van der Waals surface area contributed by atoms with Gasteiger partial charge in [-0.15, -0.1) is 0 Å². The summed E-state index contributed by atoms with van der Waals surface area (Å²) in [5, 5.41) is 11.1. The summed E-state index contributed by atoms with van der Waals surface area (Å²) < 4.78 is 0. The lowest BCUT2D eigenvalue weighted by molar-refractivity contribution is -0.0848. The largest absolute Gasteiger partial charge is 0.392 e. The van der Waals surface area contributed by atoms with Gasteiger partial charge in [-0.1, -0.05) is 39.3 Å². The number of hydrogen-bond donors (Lipinski definition) is 1. The lowest BCUT2D eigenvalue weighted by Crippen LogP contribution is -2.50. The predicted molar refractivity (Wildman–Crippen MR) is 68.4 cm³/mol. The summed E-state index contributed by atoms with van der Waals surface area (Å²) in [5.41, 5.74) is 0.704. The average molecular weight is 232 g/mol. The summed E-state index contributed by atoms with van der Waals surface area (Å²) in [4.78, 5) is 0. The van der Waals surface area contributed by atoms with Crippen LogP contribution in [0.3, 0.4) is 0 Å². The van der Waals surface area contributed by atoms with E-state index < -0.39 is 0 Å². The molecule has 4 aliphatic carbocycles. The van der Waals surface area contributed by atoms with Gasteiger partial charge in [0.25, 0.3) is 0 Å². The van der Waals surface area contributed by atoms with E-state index in [9.17, 15) is 5.11 Å². The highest BCUT2D eigenvalue weighted by Crippen LogP contribution is 2.79. The van der Waals surface area contributed by atoms with E-state index in [1.54, 1.807) is 0 Å². The molecule has 0 aromatic carbocycles. The fraction of sp³-hybridized carbons (Fsp3) is 0.875. The summed E-state index contributed by atoms with van der Waals surface area (Å²) >= 11 is 0. The minimum atomic E-state index is -0.0660.